The summed E-state index contributed by atoms with van der Waals surface area (Å²) in [6, 6.07) is 2.22. The van der Waals surface area contributed by atoms with Crippen LogP contribution in [0.3, 0.4) is 0 Å². The number of nitrogens with one attached hydrogen (secondary N) is 1. The maximum Gasteiger partial charge on any atom is 0.241 e. The quantitative estimate of drug-likeness (QED) is 0.713. The molecule has 0 aliphatic carbocycles. The molecule has 0 saturated heterocycles. The fourth-order valence-corrected chi connectivity index (χ4v) is 2.60. The minimum Gasteiger partial charge on any atom is -0.492 e. The summed E-state index contributed by atoms with van der Waals surface area (Å²) in [6.45, 7) is 1.09. The van der Waals surface area contributed by atoms with E-state index >= 15 is 0 Å². The van der Waals surface area contributed by atoms with Crippen molar-refractivity contribution >= 4 is 15.9 Å². The average molecular weight is 333 g/mol. The number of rotatable bonds is 7. The highest BCUT2D eigenvalue weighted by Crippen LogP contribution is 2.28. The van der Waals surface area contributed by atoms with E-state index in [-0.39, 0.29) is 17.9 Å². The molecule has 0 unspecified atom stereocenters. The summed E-state index contributed by atoms with van der Waals surface area (Å²) in [7, 11) is 0.352. The molecule has 0 aromatic heterocycles. The number of carbonyl (C=O) groups excluding carboxylic acids is 1. The van der Waals surface area contributed by atoms with Crippen LogP contribution in [-0.4, -0.2) is 53.5 Å². The zero-order valence-corrected chi connectivity index (χ0v) is 13.5. The molecule has 0 bridgehead atoms. The molecule has 0 saturated carbocycles. The molecule has 0 spiro atoms. The third-order valence-corrected chi connectivity index (χ3v) is 3.97. The molecule has 22 heavy (non-hydrogen) atoms. The molecule has 0 aliphatic heterocycles. The van der Waals surface area contributed by atoms with Crippen molar-refractivity contribution in [1.82, 2.24) is 10.2 Å². The first-order chi connectivity index (χ1) is 10.2. The van der Waals surface area contributed by atoms with E-state index in [4.69, 9.17) is 9.88 Å². The molecule has 0 atom stereocenters. The van der Waals surface area contributed by atoms with E-state index in [2.05, 4.69) is 5.32 Å². The number of methoxy groups -OCH3 is 1. The Morgan fingerprint density at radius 2 is 2.09 bits per heavy atom. The Labute approximate surface area is 129 Å². The summed E-state index contributed by atoms with van der Waals surface area (Å²) in [5.74, 6) is -1.60. The van der Waals surface area contributed by atoms with E-state index in [1.807, 2.05) is 0 Å². The standard InChI is InChI=1S/C13H20FN3O4S/c1-16-4-5-17(2)12(18)8-9-6-10(14)13(21-3)11(7-9)22(15,19)20/h6-7,16H,4-5,8H2,1-3H3,(H2,15,19,20). The first-order valence-electron chi connectivity index (χ1n) is 6.48. The van der Waals surface area contributed by atoms with Crippen molar-refractivity contribution in [3.8, 4) is 5.75 Å². The summed E-state index contributed by atoms with van der Waals surface area (Å²) in [5, 5.41) is 7.95. The first kappa shape index (κ1) is 18.3. The van der Waals surface area contributed by atoms with E-state index in [9.17, 15) is 17.6 Å². The Hall–Kier alpha value is -1.71. The van der Waals surface area contributed by atoms with Crippen molar-refractivity contribution in [2.45, 2.75) is 11.3 Å². The molecule has 3 N–H and O–H groups in total. The number of carbonyl (C=O) groups is 1. The monoisotopic (exact) mass is 333 g/mol. The molecule has 1 amide bonds. The molecule has 1 aromatic carbocycles. The number of nitrogens with zero attached hydrogens (tertiary/aromatic N) is 1. The van der Waals surface area contributed by atoms with Gasteiger partial charge in [-0.2, -0.15) is 0 Å². The fourth-order valence-electron chi connectivity index (χ4n) is 1.85. The van der Waals surface area contributed by atoms with Crippen LogP contribution in [0.15, 0.2) is 17.0 Å². The van der Waals surface area contributed by atoms with E-state index in [0.29, 0.717) is 13.1 Å². The second kappa shape index (κ2) is 7.52. The molecule has 0 radical (unpaired) electrons. The number of hydrogen-bond donors (Lipinski definition) is 2. The number of likely N-dealkylation sites (N-methyl/N-ethyl adjacent to an activating group) is 2. The van der Waals surface area contributed by atoms with Crippen LogP contribution in [0.4, 0.5) is 4.39 Å². The fraction of sp³-hybridized carbons (Fsp3) is 0.462. The van der Waals surface area contributed by atoms with Gasteiger partial charge in [0.05, 0.1) is 13.5 Å². The highest BCUT2D eigenvalue weighted by molar-refractivity contribution is 7.89. The van der Waals surface area contributed by atoms with E-state index in [0.717, 1.165) is 19.2 Å². The van der Waals surface area contributed by atoms with E-state index < -0.39 is 26.5 Å². The van der Waals surface area contributed by atoms with Crippen molar-refractivity contribution < 1.29 is 22.3 Å². The van der Waals surface area contributed by atoms with Gasteiger partial charge in [0.2, 0.25) is 15.9 Å². The largest absolute Gasteiger partial charge is 0.492 e. The van der Waals surface area contributed by atoms with Crippen LogP contribution >= 0.6 is 0 Å². The van der Waals surface area contributed by atoms with Crippen LogP contribution in [0.5, 0.6) is 5.75 Å². The maximum atomic E-state index is 13.9. The molecular formula is C13H20FN3O4S. The van der Waals surface area contributed by atoms with Crippen molar-refractivity contribution in [3.05, 3.63) is 23.5 Å². The van der Waals surface area contributed by atoms with Crippen LogP contribution in [0.25, 0.3) is 0 Å². The second-order valence-electron chi connectivity index (χ2n) is 4.75. The van der Waals surface area contributed by atoms with Gasteiger partial charge in [0.1, 0.15) is 4.90 Å². The van der Waals surface area contributed by atoms with Crippen molar-refractivity contribution in [3.63, 3.8) is 0 Å². The van der Waals surface area contributed by atoms with Gasteiger partial charge in [0.15, 0.2) is 11.6 Å². The van der Waals surface area contributed by atoms with Crippen LogP contribution < -0.4 is 15.2 Å². The Kier molecular flexibility index (Phi) is 6.27. The molecule has 1 aromatic rings. The molecule has 1 rings (SSSR count). The summed E-state index contributed by atoms with van der Waals surface area (Å²) >= 11 is 0. The number of ether oxygens (including phenoxy) is 1. The van der Waals surface area contributed by atoms with Gasteiger partial charge in [-0.3, -0.25) is 4.79 Å². The third-order valence-electron chi connectivity index (χ3n) is 3.06. The molecule has 0 aliphatic rings. The number of amides is 1. The zero-order valence-electron chi connectivity index (χ0n) is 12.7. The van der Waals surface area contributed by atoms with Crippen LogP contribution in [0, 0.1) is 5.82 Å². The molecule has 0 fully saturated rings. The van der Waals surface area contributed by atoms with Gasteiger partial charge in [-0.1, -0.05) is 0 Å². The minimum atomic E-state index is -4.16. The first-order valence-corrected chi connectivity index (χ1v) is 8.03. The van der Waals surface area contributed by atoms with Crippen molar-refractivity contribution in [1.29, 1.82) is 0 Å². The summed E-state index contributed by atoms with van der Waals surface area (Å²) < 4.78 is 41.7. The summed E-state index contributed by atoms with van der Waals surface area (Å²) in [5.41, 5.74) is 0.212. The predicted octanol–water partition coefficient (Wildman–Crippen LogP) is -0.298. The lowest BCUT2D eigenvalue weighted by molar-refractivity contribution is -0.129. The average Bonchev–Trinajstić information content (AvgIpc) is 2.43. The lowest BCUT2D eigenvalue weighted by atomic mass is 10.1. The van der Waals surface area contributed by atoms with Crippen molar-refractivity contribution in [2.24, 2.45) is 5.14 Å². The van der Waals surface area contributed by atoms with Gasteiger partial charge in [-0.15, -0.1) is 0 Å². The van der Waals surface area contributed by atoms with Gasteiger partial charge in [0.25, 0.3) is 0 Å². The maximum absolute atomic E-state index is 13.9. The van der Waals surface area contributed by atoms with E-state index in [1.54, 1.807) is 14.1 Å². The minimum absolute atomic E-state index is 0.135. The van der Waals surface area contributed by atoms with Crippen LogP contribution in [0.2, 0.25) is 0 Å². The SMILES string of the molecule is CNCCN(C)C(=O)Cc1cc(F)c(OC)c(S(N)(=O)=O)c1. The topological polar surface area (TPSA) is 102 Å². The third kappa shape index (κ3) is 4.65. The number of benzene rings is 1. The van der Waals surface area contributed by atoms with Gasteiger partial charge < -0.3 is 15.0 Å². The van der Waals surface area contributed by atoms with Crippen molar-refractivity contribution in [2.75, 3.05) is 34.3 Å². The Morgan fingerprint density at radius 1 is 1.45 bits per heavy atom. The van der Waals surface area contributed by atoms with Gasteiger partial charge in [-0.25, -0.2) is 17.9 Å². The predicted molar refractivity (Wildman–Crippen MR) is 79.6 cm³/mol. The Morgan fingerprint density at radius 3 is 2.59 bits per heavy atom. The highest BCUT2D eigenvalue weighted by atomic mass is 32.2. The Bertz CT molecular complexity index is 649. The molecule has 124 valence electrons. The number of hydrogen-bond acceptors (Lipinski definition) is 5. The molecular weight excluding hydrogens is 313 g/mol. The smallest absolute Gasteiger partial charge is 0.241 e. The number of sulfonamides is 1. The second-order valence-corrected chi connectivity index (χ2v) is 6.28. The van der Waals surface area contributed by atoms with Gasteiger partial charge in [0, 0.05) is 20.1 Å². The zero-order chi connectivity index (χ0) is 16.9. The summed E-state index contributed by atoms with van der Waals surface area (Å²) in [4.78, 5) is 13.0. The Balaban J connectivity index is 3.07. The molecule has 9 heteroatoms. The number of primary sulfonamides is 1. The lowest BCUT2D eigenvalue weighted by Gasteiger charge is -2.17. The number of halogens is 1. The summed E-state index contributed by atoms with van der Waals surface area (Å²) in [6.07, 6.45) is -0.135. The van der Waals surface area contributed by atoms with Gasteiger partial charge in [-0.05, 0) is 24.7 Å². The van der Waals surface area contributed by atoms with Crippen LogP contribution in [-0.2, 0) is 21.2 Å². The normalized spacial score (nSPS) is 11.3. The highest BCUT2D eigenvalue weighted by Gasteiger charge is 2.21. The van der Waals surface area contributed by atoms with E-state index in [1.165, 1.54) is 4.90 Å². The molecule has 0 heterocycles. The van der Waals surface area contributed by atoms with Crippen LogP contribution in [0.1, 0.15) is 5.56 Å². The number of nitrogens with two attached hydrogens (primary N) is 1. The molecule has 7 nitrogen and oxygen atoms in total. The lowest BCUT2D eigenvalue weighted by Crippen LogP contribution is -2.33. The van der Waals surface area contributed by atoms with Gasteiger partial charge >= 0.3 is 0 Å².